The van der Waals surface area contributed by atoms with Crippen LogP contribution in [0.25, 0.3) is 0 Å². The van der Waals surface area contributed by atoms with E-state index in [1.54, 1.807) is 0 Å². The van der Waals surface area contributed by atoms with Crippen LogP contribution in [0.1, 0.15) is 25.8 Å². The molecule has 0 aliphatic heterocycles. The molecule has 0 saturated heterocycles. The van der Waals surface area contributed by atoms with E-state index in [0.717, 1.165) is 19.5 Å². The van der Waals surface area contributed by atoms with E-state index in [2.05, 4.69) is 31.3 Å². The Hall–Kier alpha value is -0.860. The zero-order valence-electron chi connectivity index (χ0n) is 9.70. The second-order valence-corrected chi connectivity index (χ2v) is 3.63. The number of hydrogen-bond donors (Lipinski definition) is 1. The lowest BCUT2D eigenvalue weighted by molar-refractivity contribution is 0.0388. The number of hydrogen-bond acceptors (Lipinski definition) is 2. The maximum Gasteiger partial charge on any atom is 0.0721 e. The van der Waals surface area contributed by atoms with E-state index in [0.29, 0.717) is 12.7 Å². The van der Waals surface area contributed by atoms with Crippen molar-refractivity contribution >= 4 is 0 Å². The summed E-state index contributed by atoms with van der Waals surface area (Å²) in [4.78, 5) is 0. The molecular weight excluding hydrogens is 186 g/mol. The van der Waals surface area contributed by atoms with E-state index >= 15 is 0 Å². The van der Waals surface area contributed by atoms with Gasteiger partial charge in [-0.25, -0.2) is 0 Å². The van der Waals surface area contributed by atoms with E-state index in [-0.39, 0.29) is 0 Å². The van der Waals surface area contributed by atoms with Gasteiger partial charge in [0.1, 0.15) is 0 Å². The smallest absolute Gasteiger partial charge is 0.0721 e. The first-order chi connectivity index (χ1) is 7.36. The molecule has 0 spiro atoms. The number of benzene rings is 1. The Morgan fingerprint density at radius 3 is 2.53 bits per heavy atom. The highest BCUT2D eigenvalue weighted by molar-refractivity contribution is 5.13. The van der Waals surface area contributed by atoms with Crippen LogP contribution in [0.4, 0.5) is 0 Å². The fraction of sp³-hybridized carbons (Fsp3) is 0.538. The van der Waals surface area contributed by atoms with Crippen LogP contribution in [0.5, 0.6) is 0 Å². The van der Waals surface area contributed by atoms with Crippen LogP contribution >= 0.6 is 0 Å². The van der Waals surface area contributed by atoms with Crippen molar-refractivity contribution in [1.29, 1.82) is 0 Å². The van der Waals surface area contributed by atoms with Crippen molar-refractivity contribution in [2.45, 2.75) is 33.0 Å². The highest BCUT2D eigenvalue weighted by Crippen LogP contribution is 2.05. The molecule has 0 aliphatic rings. The molecule has 0 aromatic heterocycles. The molecule has 84 valence electrons. The highest BCUT2D eigenvalue weighted by Gasteiger charge is 2.05. The Balaban J connectivity index is 2.28. The van der Waals surface area contributed by atoms with Gasteiger partial charge in [0, 0.05) is 6.54 Å². The summed E-state index contributed by atoms with van der Waals surface area (Å²) >= 11 is 0. The molecule has 1 aromatic carbocycles. The van der Waals surface area contributed by atoms with Crippen molar-refractivity contribution in [2.75, 3.05) is 13.1 Å². The summed E-state index contributed by atoms with van der Waals surface area (Å²) < 4.78 is 5.82. The number of likely N-dealkylation sites (N-methyl/N-ethyl adjacent to an activating group) is 1. The summed E-state index contributed by atoms with van der Waals surface area (Å²) in [5.41, 5.74) is 1.24. The molecule has 0 saturated carbocycles. The lowest BCUT2D eigenvalue weighted by atomic mass is 10.2. The van der Waals surface area contributed by atoms with Gasteiger partial charge in [0.15, 0.2) is 0 Å². The second-order valence-electron chi connectivity index (χ2n) is 3.63. The minimum Gasteiger partial charge on any atom is -0.372 e. The van der Waals surface area contributed by atoms with Crippen LogP contribution in [-0.2, 0) is 11.3 Å². The van der Waals surface area contributed by atoms with E-state index < -0.39 is 0 Å². The predicted molar refractivity (Wildman–Crippen MR) is 63.9 cm³/mol. The van der Waals surface area contributed by atoms with E-state index in [1.807, 2.05) is 18.2 Å². The summed E-state index contributed by atoms with van der Waals surface area (Å²) in [6.07, 6.45) is 1.38. The van der Waals surface area contributed by atoms with E-state index in [9.17, 15) is 0 Å². The third-order valence-corrected chi connectivity index (χ3v) is 2.41. The van der Waals surface area contributed by atoms with Gasteiger partial charge in [-0.1, -0.05) is 44.2 Å². The van der Waals surface area contributed by atoms with Crippen molar-refractivity contribution in [3.8, 4) is 0 Å². The molecule has 1 N–H and O–H groups in total. The van der Waals surface area contributed by atoms with Gasteiger partial charge in [-0.15, -0.1) is 0 Å². The van der Waals surface area contributed by atoms with Gasteiger partial charge in [0.2, 0.25) is 0 Å². The normalized spacial score (nSPS) is 12.7. The first-order valence-corrected chi connectivity index (χ1v) is 5.73. The van der Waals surface area contributed by atoms with Crippen LogP contribution in [0.15, 0.2) is 30.3 Å². The third-order valence-electron chi connectivity index (χ3n) is 2.41. The third kappa shape index (κ3) is 4.96. The molecule has 2 nitrogen and oxygen atoms in total. The lowest BCUT2D eigenvalue weighted by Crippen LogP contribution is -2.28. The van der Waals surface area contributed by atoms with Crippen molar-refractivity contribution in [1.82, 2.24) is 5.32 Å². The molecule has 1 aromatic rings. The van der Waals surface area contributed by atoms with Crippen molar-refractivity contribution < 1.29 is 4.74 Å². The molecule has 15 heavy (non-hydrogen) atoms. The zero-order valence-corrected chi connectivity index (χ0v) is 9.70. The molecule has 0 radical (unpaired) electrons. The van der Waals surface area contributed by atoms with Crippen molar-refractivity contribution in [3.05, 3.63) is 35.9 Å². The first kappa shape index (κ1) is 12.2. The standard InChI is InChI=1S/C13H21NO/c1-3-13(10-14-4-2)15-11-12-8-6-5-7-9-12/h5-9,13-14H,3-4,10-11H2,1-2H3. The minimum atomic E-state index is 0.324. The van der Waals surface area contributed by atoms with Crippen molar-refractivity contribution in [3.63, 3.8) is 0 Å². The Morgan fingerprint density at radius 1 is 1.20 bits per heavy atom. The number of rotatable bonds is 7. The van der Waals surface area contributed by atoms with E-state index in [4.69, 9.17) is 4.74 Å². The van der Waals surface area contributed by atoms with Gasteiger partial charge in [-0.3, -0.25) is 0 Å². The Kier molecular flexibility index (Phi) is 6.05. The molecule has 1 unspecified atom stereocenters. The molecule has 0 aliphatic carbocycles. The molecule has 0 bridgehead atoms. The highest BCUT2D eigenvalue weighted by atomic mass is 16.5. The Bertz CT molecular complexity index is 248. The van der Waals surface area contributed by atoms with Gasteiger partial charge in [-0.05, 0) is 18.5 Å². The average Bonchev–Trinajstić information content (AvgIpc) is 2.31. The maximum atomic E-state index is 5.82. The fourth-order valence-electron chi connectivity index (χ4n) is 1.41. The van der Waals surface area contributed by atoms with Gasteiger partial charge in [0.25, 0.3) is 0 Å². The quantitative estimate of drug-likeness (QED) is 0.742. The molecule has 0 amide bonds. The Morgan fingerprint density at radius 2 is 1.93 bits per heavy atom. The van der Waals surface area contributed by atoms with Crippen LogP contribution in [-0.4, -0.2) is 19.2 Å². The number of ether oxygens (including phenoxy) is 1. The largest absolute Gasteiger partial charge is 0.372 e. The average molecular weight is 207 g/mol. The zero-order chi connectivity index (χ0) is 10.9. The fourth-order valence-corrected chi connectivity index (χ4v) is 1.41. The molecule has 0 heterocycles. The summed E-state index contributed by atoms with van der Waals surface area (Å²) in [5.74, 6) is 0. The first-order valence-electron chi connectivity index (χ1n) is 5.73. The van der Waals surface area contributed by atoms with E-state index in [1.165, 1.54) is 5.56 Å². The monoisotopic (exact) mass is 207 g/mol. The molecule has 1 atom stereocenters. The summed E-state index contributed by atoms with van der Waals surface area (Å²) in [6, 6.07) is 10.3. The Labute approximate surface area is 92.6 Å². The maximum absolute atomic E-state index is 5.82. The van der Waals surface area contributed by atoms with Gasteiger partial charge >= 0.3 is 0 Å². The van der Waals surface area contributed by atoms with Gasteiger partial charge in [-0.2, -0.15) is 0 Å². The van der Waals surface area contributed by atoms with Gasteiger partial charge in [0.05, 0.1) is 12.7 Å². The topological polar surface area (TPSA) is 21.3 Å². The molecule has 1 rings (SSSR count). The molecule has 2 heteroatoms. The summed E-state index contributed by atoms with van der Waals surface area (Å²) in [7, 11) is 0. The molecular formula is C13H21NO. The SMILES string of the molecule is CCNCC(CC)OCc1ccccc1. The summed E-state index contributed by atoms with van der Waals surface area (Å²) in [6.45, 7) is 6.94. The van der Waals surface area contributed by atoms with Crippen LogP contribution in [0.3, 0.4) is 0 Å². The van der Waals surface area contributed by atoms with Gasteiger partial charge < -0.3 is 10.1 Å². The predicted octanol–water partition coefficient (Wildman–Crippen LogP) is 2.59. The second kappa shape index (κ2) is 7.43. The van der Waals surface area contributed by atoms with Crippen LogP contribution in [0.2, 0.25) is 0 Å². The van der Waals surface area contributed by atoms with Crippen molar-refractivity contribution in [2.24, 2.45) is 0 Å². The summed E-state index contributed by atoms with van der Waals surface area (Å²) in [5, 5.41) is 3.31. The van der Waals surface area contributed by atoms with Crippen LogP contribution in [0, 0.1) is 0 Å². The minimum absolute atomic E-state index is 0.324. The van der Waals surface area contributed by atoms with Crippen LogP contribution < -0.4 is 5.32 Å². The molecule has 0 fully saturated rings. The number of nitrogens with one attached hydrogen (secondary N) is 1. The lowest BCUT2D eigenvalue weighted by Gasteiger charge is -2.16.